The number of rotatable bonds is 4. The first-order valence-electron chi connectivity index (χ1n) is 8.40. The fraction of sp³-hybridized carbons (Fsp3) is 0.278. The van der Waals surface area contributed by atoms with E-state index in [1.54, 1.807) is 36.4 Å². The van der Waals surface area contributed by atoms with Crippen LogP contribution in [0.1, 0.15) is 5.56 Å². The second-order valence-electron chi connectivity index (χ2n) is 6.26. The number of benzene rings is 2. The number of sulfonamides is 1. The average Bonchev–Trinajstić information content (AvgIpc) is 2.65. The second kappa shape index (κ2) is 8.48. The molecule has 144 valence electrons. The van der Waals surface area contributed by atoms with Crippen LogP contribution in [-0.2, 0) is 10.0 Å². The monoisotopic (exact) mass is 426 g/mol. The van der Waals surface area contributed by atoms with Gasteiger partial charge in [0.15, 0.2) is 5.84 Å². The van der Waals surface area contributed by atoms with Gasteiger partial charge >= 0.3 is 0 Å². The first-order chi connectivity index (χ1) is 12.9. The van der Waals surface area contributed by atoms with E-state index in [0.717, 1.165) is 13.1 Å². The van der Waals surface area contributed by atoms with Crippen molar-refractivity contribution in [3.8, 4) is 0 Å². The Morgan fingerprint density at radius 3 is 2.33 bits per heavy atom. The van der Waals surface area contributed by atoms with Crippen LogP contribution in [0.4, 0.5) is 0 Å². The molecule has 0 radical (unpaired) electrons. The molecule has 6 nitrogen and oxygen atoms in total. The van der Waals surface area contributed by atoms with Gasteiger partial charge in [-0.15, -0.1) is 5.10 Å². The molecule has 9 heteroatoms. The molecule has 0 saturated carbocycles. The van der Waals surface area contributed by atoms with Gasteiger partial charge in [-0.05, 0) is 37.4 Å². The molecule has 2 aromatic rings. The lowest BCUT2D eigenvalue weighted by Gasteiger charge is -2.34. The molecule has 0 aliphatic carbocycles. The van der Waals surface area contributed by atoms with Gasteiger partial charge in [-0.3, -0.25) is 0 Å². The van der Waals surface area contributed by atoms with Gasteiger partial charge in [-0.25, -0.2) is 0 Å². The number of nitrogens with one attached hydrogen (secondary N) is 1. The van der Waals surface area contributed by atoms with E-state index < -0.39 is 10.0 Å². The standard InChI is InChI=1S/C18H20Cl2N4O2S/c1-23-9-11-24(12-10-23)18(16-8-7-14(19)13-17(16)20)21-22-27(25,26)15-5-3-2-4-6-15/h2-8,13,22H,9-12H2,1H3/b21-18+. The zero-order valence-corrected chi connectivity index (χ0v) is 17.1. The molecule has 0 amide bonds. The number of amidine groups is 1. The Balaban J connectivity index is 1.95. The van der Waals surface area contributed by atoms with Crippen LogP contribution in [0.5, 0.6) is 0 Å². The van der Waals surface area contributed by atoms with Gasteiger partial charge in [0.2, 0.25) is 0 Å². The topological polar surface area (TPSA) is 65.0 Å². The predicted octanol–water partition coefficient (Wildman–Crippen LogP) is 2.88. The summed E-state index contributed by atoms with van der Waals surface area (Å²) in [5.41, 5.74) is 0.626. The summed E-state index contributed by atoms with van der Waals surface area (Å²) in [5, 5.41) is 5.16. The lowest BCUT2D eigenvalue weighted by Crippen LogP contribution is -2.48. The highest BCUT2D eigenvalue weighted by Gasteiger charge is 2.22. The molecule has 1 aliphatic heterocycles. The van der Waals surface area contributed by atoms with E-state index in [-0.39, 0.29) is 4.90 Å². The molecule has 27 heavy (non-hydrogen) atoms. The summed E-state index contributed by atoms with van der Waals surface area (Å²) in [6.45, 7) is 3.11. The zero-order chi connectivity index (χ0) is 19.4. The Morgan fingerprint density at radius 2 is 1.70 bits per heavy atom. The normalized spacial score (nSPS) is 16.4. The van der Waals surface area contributed by atoms with Crippen LogP contribution in [0, 0.1) is 0 Å². The highest BCUT2D eigenvalue weighted by Crippen LogP contribution is 2.23. The molecule has 0 aromatic heterocycles. The maximum Gasteiger partial charge on any atom is 0.276 e. The Labute approximate surface area is 169 Å². The van der Waals surface area contributed by atoms with Gasteiger partial charge in [0, 0.05) is 36.8 Å². The lowest BCUT2D eigenvalue weighted by molar-refractivity contribution is 0.215. The molecule has 1 aliphatic rings. The van der Waals surface area contributed by atoms with E-state index in [2.05, 4.69) is 14.8 Å². The minimum atomic E-state index is -3.78. The molecule has 1 saturated heterocycles. The molecular weight excluding hydrogens is 407 g/mol. The summed E-state index contributed by atoms with van der Waals surface area (Å²) in [6, 6.07) is 13.2. The van der Waals surface area contributed by atoms with E-state index in [9.17, 15) is 8.42 Å². The molecule has 2 aromatic carbocycles. The number of piperazine rings is 1. The highest BCUT2D eigenvalue weighted by atomic mass is 35.5. The Kier molecular flexibility index (Phi) is 6.26. The van der Waals surface area contributed by atoms with Crippen LogP contribution in [0.3, 0.4) is 0 Å². The number of hydrogen-bond acceptors (Lipinski definition) is 4. The van der Waals surface area contributed by atoms with Crippen LogP contribution >= 0.6 is 23.2 Å². The third kappa shape index (κ3) is 4.93. The molecule has 1 heterocycles. The van der Waals surface area contributed by atoms with Crippen molar-refractivity contribution in [1.82, 2.24) is 14.6 Å². The van der Waals surface area contributed by atoms with Crippen LogP contribution in [-0.4, -0.2) is 57.3 Å². The fourth-order valence-electron chi connectivity index (χ4n) is 2.75. The molecule has 0 unspecified atom stereocenters. The maximum absolute atomic E-state index is 12.5. The van der Waals surface area contributed by atoms with Gasteiger partial charge in [0.05, 0.1) is 9.92 Å². The summed E-state index contributed by atoms with van der Waals surface area (Å²) >= 11 is 12.4. The molecule has 0 atom stereocenters. The number of likely N-dealkylation sites (N-methyl/N-ethyl adjacent to an activating group) is 1. The van der Waals surface area contributed by atoms with Gasteiger partial charge in [0.1, 0.15) is 0 Å². The van der Waals surface area contributed by atoms with E-state index in [0.29, 0.717) is 34.5 Å². The molecular formula is C18H20Cl2N4O2S. The third-order valence-corrected chi connectivity index (χ3v) is 6.07. The molecule has 1 N–H and O–H groups in total. The van der Waals surface area contributed by atoms with E-state index in [1.807, 2.05) is 11.9 Å². The van der Waals surface area contributed by atoms with Gasteiger partial charge in [-0.1, -0.05) is 41.4 Å². The second-order valence-corrected chi connectivity index (χ2v) is 8.76. The van der Waals surface area contributed by atoms with Crippen molar-refractivity contribution >= 4 is 39.1 Å². The van der Waals surface area contributed by atoms with E-state index in [4.69, 9.17) is 23.2 Å². The fourth-order valence-corrected chi connectivity index (χ4v) is 4.07. The Morgan fingerprint density at radius 1 is 1.04 bits per heavy atom. The van der Waals surface area contributed by atoms with Crippen molar-refractivity contribution in [1.29, 1.82) is 0 Å². The van der Waals surface area contributed by atoms with Crippen molar-refractivity contribution in [3.05, 3.63) is 64.1 Å². The number of halogens is 2. The maximum atomic E-state index is 12.5. The summed E-state index contributed by atoms with van der Waals surface area (Å²) < 4.78 is 25.1. The highest BCUT2D eigenvalue weighted by molar-refractivity contribution is 7.89. The van der Waals surface area contributed by atoms with Crippen LogP contribution < -0.4 is 4.83 Å². The largest absolute Gasteiger partial charge is 0.352 e. The minimum absolute atomic E-state index is 0.147. The summed E-state index contributed by atoms with van der Waals surface area (Å²) in [5.74, 6) is 0.476. The Hall–Kier alpha value is -1.80. The molecule has 0 bridgehead atoms. The van der Waals surface area contributed by atoms with Crippen LogP contribution in [0.15, 0.2) is 58.5 Å². The smallest absolute Gasteiger partial charge is 0.276 e. The SMILES string of the molecule is CN1CCN(/C(=N/NS(=O)(=O)c2ccccc2)c2ccc(Cl)cc2Cl)CC1. The van der Waals surface area contributed by atoms with Crippen LogP contribution in [0.25, 0.3) is 0 Å². The van der Waals surface area contributed by atoms with E-state index in [1.165, 1.54) is 12.1 Å². The molecule has 1 fully saturated rings. The summed E-state index contributed by atoms with van der Waals surface area (Å²) in [6.07, 6.45) is 0. The third-order valence-electron chi connectivity index (χ3n) is 4.30. The summed E-state index contributed by atoms with van der Waals surface area (Å²) in [4.78, 5) is 6.70. The number of nitrogens with zero attached hydrogens (tertiary/aromatic N) is 3. The van der Waals surface area contributed by atoms with E-state index >= 15 is 0 Å². The van der Waals surface area contributed by atoms with Crippen molar-refractivity contribution in [2.24, 2.45) is 5.10 Å². The van der Waals surface area contributed by atoms with Gasteiger partial charge in [-0.2, -0.15) is 13.2 Å². The average molecular weight is 427 g/mol. The molecule has 0 spiro atoms. The van der Waals surface area contributed by atoms with Crippen molar-refractivity contribution in [2.45, 2.75) is 4.90 Å². The predicted molar refractivity (Wildman–Crippen MR) is 109 cm³/mol. The minimum Gasteiger partial charge on any atom is -0.352 e. The first kappa shape index (κ1) is 19.9. The van der Waals surface area contributed by atoms with Crippen molar-refractivity contribution < 1.29 is 8.42 Å². The zero-order valence-electron chi connectivity index (χ0n) is 14.8. The van der Waals surface area contributed by atoms with Crippen molar-refractivity contribution in [2.75, 3.05) is 33.2 Å². The first-order valence-corrected chi connectivity index (χ1v) is 10.6. The van der Waals surface area contributed by atoms with Crippen molar-refractivity contribution in [3.63, 3.8) is 0 Å². The van der Waals surface area contributed by atoms with Gasteiger partial charge < -0.3 is 9.80 Å². The Bertz CT molecular complexity index is 928. The number of hydrazone groups is 1. The quantitative estimate of drug-likeness (QED) is 0.463. The summed E-state index contributed by atoms with van der Waals surface area (Å²) in [7, 11) is -1.73. The van der Waals surface area contributed by atoms with Gasteiger partial charge in [0.25, 0.3) is 10.0 Å². The lowest BCUT2D eigenvalue weighted by atomic mass is 10.1. The van der Waals surface area contributed by atoms with Crippen LogP contribution in [0.2, 0.25) is 10.0 Å². The number of hydrogen-bond donors (Lipinski definition) is 1. The molecule has 3 rings (SSSR count).